The fourth-order valence-corrected chi connectivity index (χ4v) is 20.1. The van der Waals surface area contributed by atoms with Crippen LogP contribution in [-0.4, -0.2) is 397 Å². The molecular formula is C50H105O61P11. The molecular weight excluding hydrogens is 1920 g/mol. The van der Waals surface area contributed by atoms with Gasteiger partial charge in [0.1, 0.15) is 146 Å². The number of phosphoric ester groups is 11. The third kappa shape index (κ3) is 39.2. The Morgan fingerprint density at radius 2 is 0.295 bits per heavy atom. The summed E-state index contributed by atoms with van der Waals surface area (Å²) in [6.45, 7) is -6.13. The van der Waals surface area contributed by atoms with E-state index in [1.54, 1.807) is 0 Å². The molecule has 4 saturated carbocycles. The third-order valence-electron chi connectivity index (χ3n) is 18.2. The first-order valence-electron chi connectivity index (χ1n) is 34.6. The molecule has 0 aromatic heterocycles. The maximum absolute atomic E-state index is 13.1. The Morgan fingerprint density at radius 1 is 0.172 bits per heavy atom. The Labute approximate surface area is 692 Å². The van der Waals surface area contributed by atoms with Crippen molar-refractivity contribution in [3.05, 3.63) is 0 Å². The smallest absolute Gasteiger partial charge is 0.382 e. The van der Waals surface area contributed by atoms with E-state index in [4.69, 9.17) is 126 Å². The maximum Gasteiger partial charge on any atom is 0.470 e. The minimum atomic E-state index is -6.34. The van der Waals surface area contributed by atoms with Crippen molar-refractivity contribution in [1.82, 2.24) is 0 Å². The molecule has 4 aliphatic rings. The van der Waals surface area contributed by atoms with E-state index in [9.17, 15) is 158 Å². The molecule has 726 valence electrons. The van der Waals surface area contributed by atoms with Gasteiger partial charge in [-0.3, -0.25) is 49.8 Å². The van der Waals surface area contributed by atoms with Gasteiger partial charge in [0.2, 0.25) is 0 Å². The Kier molecular flexibility index (Phi) is 46.8. The largest absolute Gasteiger partial charge is 0.470 e. The van der Waals surface area contributed by atoms with E-state index in [1.165, 1.54) is 14.2 Å². The molecule has 0 aromatic rings. The first-order valence-corrected chi connectivity index (χ1v) is 51.5. The first-order chi connectivity index (χ1) is 56.0. The highest BCUT2D eigenvalue weighted by atomic mass is 31.2. The molecule has 0 bridgehead atoms. The van der Waals surface area contributed by atoms with Gasteiger partial charge in [0.15, 0.2) is 0 Å². The van der Waals surface area contributed by atoms with Crippen LogP contribution in [0.15, 0.2) is 0 Å². The summed E-state index contributed by atoms with van der Waals surface area (Å²) in [6, 6.07) is 0. The van der Waals surface area contributed by atoms with Crippen molar-refractivity contribution in [3.8, 4) is 0 Å². The Hall–Kier alpha value is 0.530. The van der Waals surface area contributed by atoms with E-state index in [0.29, 0.717) is 7.11 Å². The molecule has 0 amide bonds. The Balaban J connectivity index is 2.27. The van der Waals surface area contributed by atoms with Crippen LogP contribution in [-0.2, 0) is 181 Å². The highest BCUT2D eigenvalue weighted by Gasteiger charge is 2.64. The van der Waals surface area contributed by atoms with E-state index in [1.807, 2.05) is 0 Å². The molecule has 5 unspecified atom stereocenters. The highest BCUT2D eigenvalue weighted by molar-refractivity contribution is 7.49. The predicted molar refractivity (Wildman–Crippen MR) is 386 cm³/mol. The van der Waals surface area contributed by atoms with Crippen molar-refractivity contribution < 1.29 is 288 Å². The molecule has 22 N–H and O–H groups in total. The summed E-state index contributed by atoms with van der Waals surface area (Å²) in [7, 11) is -59.0. The van der Waals surface area contributed by atoms with Gasteiger partial charge in [-0.25, -0.2) is 50.2 Å². The van der Waals surface area contributed by atoms with Crippen LogP contribution in [0.4, 0.5) is 0 Å². The Bertz CT molecular complexity index is 3610. The lowest BCUT2D eigenvalue weighted by atomic mass is 9.75. The molecule has 0 saturated heterocycles. The van der Waals surface area contributed by atoms with Gasteiger partial charge in [0, 0.05) is 90.4 Å². The lowest BCUT2D eigenvalue weighted by Crippen LogP contribution is -2.67. The second kappa shape index (κ2) is 49.7. The van der Waals surface area contributed by atoms with Crippen LogP contribution < -0.4 is 0 Å². The predicted octanol–water partition coefficient (Wildman–Crippen LogP) is -4.41. The molecule has 0 radical (unpaired) electrons. The summed E-state index contributed by atoms with van der Waals surface area (Å²) in [5.74, 6) is 0. The topological polar surface area (TPSA) is 891 Å². The van der Waals surface area contributed by atoms with E-state index >= 15 is 0 Å². The summed E-state index contributed by atoms with van der Waals surface area (Å²) in [6.07, 6.45) is -62.0. The number of ether oxygens (including phenoxy) is 17. The van der Waals surface area contributed by atoms with Crippen LogP contribution in [0.2, 0.25) is 0 Å². The zero-order valence-corrected chi connectivity index (χ0v) is 75.2. The van der Waals surface area contributed by atoms with E-state index < -0.39 is 303 Å². The molecule has 0 heterocycles. The molecule has 0 spiro atoms. The van der Waals surface area contributed by atoms with Gasteiger partial charge in [-0.2, -0.15) is 0 Å². The number of hydrogen-bond donors (Lipinski definition) is 22. The fourth-order valence-electron chi connectivity index (χ4n) is 13.9. The number of hydrogen-bond acceptors (Lipinski definition) is 39. The highest BCUT2D eigenvalue weighted by Crippen LogP contribution is 2.58. The number of phosphoric acid groups is 11. The van der Waals surface area contributed by atoms with Crippen molar-refractivity contribution in [3.63, 3.8) is 0 Å². The molecule has 72 heteroatoms. The second-order valence-corrected chi connectivity index (χ2v) is 39.4. The molecule has 0 aliphatic heterocycles. The van der Waals surface area contributed by atoms with Crippen molar-refractivity contribution in [2.24, 2.45) is 5.41 Å². The standard InChI is InChI=1S/C50H105O61P11/c1-84-18-20-93-22-24-99-35-28(88-5)33(29(89-6)36(44(35)106-117(66,67)68)100-25-23-94-21-19-85-2)95-14-10-50(11-15-96-34-30(90-7)41(103-114(57,58)59)47(109-120(75,76)77)42(31(34)91-8)104-115(60,61)62,13-17-98-38-39(101-112(51,52)53)26(86-3)27(87-4)40(102-113(54,55)56)46(38)108-119(72,73)74)12-16-97-37-32(92-9)43(105-116(63,64)65)48(110-121(78,79)80)49(111-122(81,82)83)45(37)107-118(69,70)71/h26-49H,10-25H2,1-9H3,(H2,51,52,53)(H2,54,55,56)(H2,57,58,59)(H2,60,61,62)(H2,63,64,65)(H2,66,67,68)(H2,69,70,71)(H2,72,73,74)(H2,75,76,77)(H2,78,79,80)(H2,81,82,83)/t26-,27-,28-,29+,30-,31+,32-,33?,34?,35+,36-,37+,38+,39+,40+,41+,42-,43+,44?,45+,46+,47?,48-,49-,50?/m1/s1. The second-order valence-electron chi connectivity index (χ2n) is 26.3. The van der Waals surface area contributed by atoms with Crippen molar-refractivity contribution in [2.45, 2.75) is 172 Å². The summed E-state index contributed by atoms with van der Waals surface area (Å²) in [5.41, 5.74) is -2.29. The molecule has 61 nitrogen and oxygen atoms in total. The lowest BCUT2D eigenvalue weighted by Gasteiger charge is -2.49. The minimum Gasteiger partial charge on any atom is -0.382 e. The summed E-state index contributed by atoms with van der Waals surface area (Å²) in [5, 5.41) is 0. The lowest BCUT2D eigenvalue weighted by molar-refractivity contribution is -0.266. The molecule has 122 heavy (non-hydrogen) atoms. The van der Waals surface area contributed by atoms with Crippen LogP contribution in [0.3, 0.4) is 0 Å². The van der Waals surface area contributed by atoms with Crippen molar-refractivity contribution >= 4 is 86.0 Å². The van der Waals surface area contributed by atoms with Gasteiger partial charge in [0.25, 0.3) is 0 Å². The Morgan fingerprint density at radius 3 is 0.475 bits per heavy atom. The van der Waals surface area contributed by atoms with Crippen LogP contribution in [0.5, 0.6) is 0 Å². The van der Waals surface area contributed by atoms with Gasteiger partial charge in [0.05, 0.1) is 52.9 Å². The molecule has 0 aromatic carbocycles. The summed E-state index contributed by atoms with van der Waals surface area (Å²) < 4.78 is 294. The van der Waals surface area contributed by atoms with Crippen LogP contribution >= 0.6 is 86.0 Å². The van der Waals surface area contributed by atoms with Crippen molar-refractivity contribution in [1.29, 1.82) is 0 Å². The minimum absolute atomic E-state index is 0.0404. The molecule has 4 aliphatic carbocycles. The third-order valence-corrected chi connectivity index (χ3v) is 23.9. The molecule has 25 atom stereocenters. The van der Waals surface area contributed by atoms with Gasteiger partial charge in [-0.15, -0.1) is 0 Å². The zero-order valence-electron chi connectivity index (χ0n) is 65.3. The van der Waals surface area contributed by atoms with E-state index in [0.717, 1.165) is 42.7 Å². The number of methoxy groups -OCH3 is 9. The average Bonchev–Trinajstić information content (AvgIpc) is 0.773. The average molecular weight is 2020 g/mol. The molecule has 4 rings (SSSR count). The maximum atomic E-state index is 13.1. The summed E-state index contributed by atoms with van der Waals surface area (Å²) >= 11 is 0. The monoisotopic (exact) mass is 2020 g/mol. The van der Waals surface area contributed by atoms with Gasteiger partial charge >= 0.3 is 86.0 Å². The first kappa shape index (κ1) is 115. The zero-order chi connectivity index (χ0) is 93.0. The van der Waals surface area contributed by atoms with Gasteiger partial charge in [-0.05, 0) is 31.1 Å². The quantitative estimate of drug-likeness (QED) is 0.0202. The summed E-state index contributed by atoms with van der Waals surface area (Å²) in [4.78, 5) is 227. The van der Waals surface area contributed by atoms with Crippen LogP contribution in [0, 0.1) is 5.41 Å². The number of rotatable bonds is 59. The van der Waals surface area contributed by atoms with Crippen LogP contribution in [0.1, 0.15) is 25.7 Å². The van der Waals surface area contributed by atoms with Crippen LogP contribution in [0.25, 0.3) is 0 Å². The van der Waals surface area contributed by atoms with E-state index in [-0.39, 0.29) is 39.6 Å². The SMILES string of the molecule is COCCOCCO[C@@H]1C(OP(=O)(O)O)[C@H](OCCOCCOC)[C@@H](OC)C(OCCC(CCOC2[C@@H](OC)[C@H](OP(=O)(O)O)C(OP(=O)(O)O)[C@H](OP(=O)(O)O)[C@H]2OC)(CCO[C@H]2[C@@H](OC)[C@H](OP(=O)(O)O)[C@@H](OP(=O)(O)O)[C@H](OP(=O)(O)O)[C@H]2OP(=O)(O)O)CCO[C@H]2[C@@H](OP(=O)(O)O)[C@H](OC)[C@@H](OC)[C@H](OP(=O)(O)O)[C@H]2OP(=O)(O)O)[C@H]1OC. The fraction of sp³-hybridized carbons (Fsp3) is 1.00. The molecule has 4 fully saturated rings. The normalized spacial score (nSPS) is 31.6. The van der Waals surface area contributed by atoms with Crippen molar-refractivity contribution in [2.75, 3.05) is 143 Å². The van der Waals surface area contributed by atoms with Gasteiger partial charge in [-0.1, -0.05) is 0 Å². The van der Waals surface area contributed by atoms with Gasteiger partial charge < -0.3 is 188 Å². The van der Waals surface area contributed by atoms with E-state index in [2.05, 4.69) is 4.52 Å².